The number of benzene rings is 1. The van der Waals surface area contributed by atoms with Crippen molar-refractivity contribution in [1.82, 2.24) is 24.9 Å². The standard InChI is InChI=1S/C24H23FN6O/c1-15(22-16(2)26-5-6-27-22)17-3-4-20(25)19(11-17)23-24-21(29-14-30-23)12-18(13-28-24)31-7-9-32-10-8-31/h3-6,11-15H,7-10H2,1-2H3. The van der Waals surface area contributed by atoms with E-state index in [-0.39, 0.29) is 11.7 Å². The number of hydrogen-bond acceptors (Lipinski definition) is 7. The van der Waals surface area contributed by atoms with E-state index in [1.165, 1.54) is 12.4 Å². The summed E-state index contributed by atoms with van der Waals surface area (Å²) in [4.78, 5) is 24.4. The molecule has 0 aliphatic carbocycles. The highest BCUT2D eigenvalue weighted by Gasteiger charge is 2.19. The molecule has 0 N–H and O–H groups in total. The summed E-state index contributed by atoms with van der Waals surface area (Å²) in [5, 5.41) is 0. The first-order valence-electron chi connectivity index (χ1n) is 10.6. The van der Waals surface area contributed by atoms with Gasteiger partial charge in [0.25, 0.3) is 0 Å². The summed E-state index contributed by atoms with van der Waals surface area (Å²) in [5.74, 6) is -0.395. The van der Waals surface area contributed by atoms with Crippen LogP contribution in [0.2, 0.25) is 0 Å². The quantitative estimate of drug-likeness (QED) is 0.486. The van der Waals surface area contributed by atoms with Crippen molar-refractivity contribution in [3.05, 3.63) is 72.0 Å². The Morgan fingerprint density at radius 2 is 1.81 bits per heavy atom. The van der Waals surface area contributed by atoms with Crippen molar-refractivity contribution in [3.63, 3.8) is 0 Å². The van der Waals surface area contributed by atoms with Gasteiger partial charge in [-0.2, -0.15) is 0 Å². The lowest BCUT2D eigenvalue weighted by Crippen LogP contribution is -2.36. The zero-order chi connectivity index (χ0) is 22.1. The highest BCUT2D eigenvalue weighted by atomic mass is 19.1. The average Bonchev–Trinajstić information content (AvgIpc) is 2.84. The van der Waals surface area contributed by atoms with Crippen LogP contribution in [-0.2, 0) is 4.74 Å². The average molecular weight is 430 g/mol. The minimum atomic E-state index is -0.351. The van der Waals surface area contributed by atoms with E-state index in [2.05, 4.69) is 29.8 Å². The van der Waals surface area contributed by atoms with E-state index in [1.807, 2.05) is 26.0 Å². The van der Waals surface area contributed by atoms with E-state index < -0.39 is 0 Å². The van der Waals surface area contributed by atoms with Gasteiger partial charge < -0.3 is 9.64 Å². The van der Waals surface area contributed by atoms with Gasteiger partial charge in [-0.3, -0.25) is 15.0 Å². The van der Waals surface area contributed by atoms with E-state index in [0.29, 0.717) is 35.5 Å². The molecule has 32 heavy (non-hydrogen) atoms. The van der Waals surface area contributed by atoms with Crippen LogP contribution in [0.25, 0.3) is 22.3 Å². The zero-order valence-electron chi connectivity index (χ0n) is 18.0. The van der Waals surface area contributed by atoms with Crippen LogP contribution in [0.15, 0.2) is 49.2 Å². The van der Waals surface area contributed by atoms with Crippen LogP contribution < -0.4 is 4.90 Å². The van der Waals surface area contributed by atoms with Crippen LogP contribution in [0, 0.1) is 12.7 Å². The Morgan fingerprint density at radius 1 is 1.00 bits per heavy atom. The number of hydrogen-bond donors (Lipinski definition) is 0. The number of nitrogens with zero attached hydrogens (tertiary/aromatic N) is 6. The Labute approximate surface area is 185 Å². The van der Waals surface area contributed by atoms with Crippen LogP contribution in [0.3, 0.4) is 0 Å². The molecule has 4 aromatic rings. The van der Waals surface area contributed by atoms with Crippen LogP contribution in [-0.4, -0.2) is 51.2 Å². The number of pyridine rings is 1. The lowest BCUT2D eigenvalue weighted by molar-refractivity contribution is 0.122. The molecule has 0 amide bonds. The fourth-order valence-electron chi connectivity index (χ4n) is 4.12. The number of rotatable bonds is 4. The van der Waals surface area contributed by atoms with Crippen molar-refractivity contribution in [2.75, 3.05) is 31.2 Å². The molecule has 1 aliphatic heterocycles. The second kappa shape index (κ2) is 8.55. The van der Waals surface area contributed by atoms with Gasteiger partial charge in [-0.15, -0.1) is 0 Å². The van der Waals surface area contributed by atoms with E-state index >= 15 is 0 Å². The molecule has 1 fully saturated rings. The SMILES string of the molecule is Cc1nccnc1C(C)c1ccc(F)c(-c2ncnc3cc(N4CCOCC4)cnc23)c1. The molecular formula is C24H23FN6O. The second-order valence-electron chi connectivity index (χ2n) is 7.87. The highest BCUT2D eigenvalue weighted by molar-refractivity contribution is 5.90. The van der Waals surface area contributed by atoms with Gasteiger partial charge in [-0.25, -0.2) is 14.4 Å². The number of halogens is 1. The number of anilines is 1. The van der Waals surface area contributed by atoms with Crippen molar-refractivity contribution in [2.24, 2.45) is 0 Å². The number of ether oxygens (including phenoxy) is 1. The summed E-state index contributed by atoms with van der Waals surface area (Å²) in [7, 11) is 0. The zero-order valence-corrected chi connectivity index (χ0v) is 18.0. The minimum absolute atomic E-state index is 0.0444. The number of morpholine rings is 1. The molecule has 0 spiro atoms. The smallest absolute Gasteiger partial charge is 0.132 e. The molecule has 4 heterocycles. The third-order valence-corrected chi connectivity index (χ3v) is 5.91. The van der Waals surface area contributed by atoms with Gasteiger partial charge in [0, 0.05) is 37.0 Å². The minimum Gasteiger partial charge on any atom is -0.378 e. The van der Waals surface area contributed by atoms with Crippen LogP contribution in [0.5, 0.6) is 0 Å². The number of aryl methyl sites for hydroxylation is 1. The van der Waals surface area contributed by atoms with Crippen molar-refractivity contribution in [3.8, 4) is 11.3 Å². The van der Waals surface area contributed by atoms with Gasteiger partial charge >= 0.3 is 0 Å². The maximum atomic E-state index is 15.0. The highest BCUT2D eigenvalue weighted by Crippen LogP contribution is 2.32. The number of fused-ring (bicyclic) bond motifs is 1. The molecule has 0 radical (unpaired) electrons. The predicted octanol–water partition coefficient (Wildman–Crippen LogP) is 3.92. The Balaban J connectivity index is 1.56. The van der Waals surface area contributed by atoms with Crippen molar-refractivity contribution >= 4 is 16.7 Å². The summed E-state index contributed by atoms with van der Waals surface area (Å²) < 4.78 is 20.4. The molecule has 1 aromatic carbocycles. The molecular weight excluding hydrogens is 407 g/mol. The van der Waals surface area contributed by atoms with E-state index in [1.54, 1.807) is 24.7 Å². The first-order valence-corrected chi connectivity index (χ1v) is 10.6. The van der Waals surface area contributed by atoms with E-state index in [9.17, 15) is 4.39 Å². The molecule has 162 valence electrons. The van der Waals surface area contributed by atoms with Gasteiger partial charge in [-0.05, 0) is 30.7 Å². The van der Waals surface area contributed by atoms with Crippen LogP contribution in [0.4, 0.5) is 10.1 Å². The third kappa shape index (κ3) is 3.78. The fraction of sp³-hybridized carbons (Fsp3) is 0.292. The number of aromatic nitrogens is 5. The Kier molecular flexibility index (Phi) is 5.45. The fourth-order valence-corrected chi connectivity index (χ4v) is 4.12. The molecule has 0 bridgehead atoms. The molecule has 0 saturated carbocycles. The summed E-state index contributed by atoms with van der Waals surface area (Å²) in [6.07, 6.45) is 6.61. The van der Waals surface area contributed by atoms with Gasteiger partial charge in [-0.1, -0.05) is 13.0 Å². The second-order valence-corrected chi connectivity index (χ2v) is 7.87. The predicted molar refractivity (Wildman–Crippen MR) is 120 cm³/mol. The van der Waals surface area contributed by atoms with Gasteiger partial charge in [0.2, 0.25) is 0 Å². The lowest BCUT2D eigenvalue weighted by atomic mass is 9.93. The Bertz CT molecular complexity index is 1270. The maximum absolute atomic E-state index is 15.0. The molecule has 5 rings (SSSR count). The van der Waals surface area contributed by atoms with Gasteiger partial charge in [0.05, 0.1) is 42.0 Å². The normalized spacial score (nSPS) is 15.2. The Hall–Kier alpha value is -3.52. The first kappa shape index (κ1) is 20.4. The molecule has 7 nitrogen and oxygen atoms in total. The summed E-state index contributed by atoms with van der Waals surface area (Å²) in [5.41, 5.74) is 5.76. The lowest BCUT2D eigenvalue weighted by Gasteiger charge is -2.28. The van der Waals surface area contributed by atoms with Gasteiger partial charge in [0.15, 0.2) is 0 Å². The summed E-state index contributed by atoms with van der Waals surface area (Å²) in [6, 6.07) is 7.06. The molecule has 1 aliphatic rings. The van der Waals surface area contributed by atoms with Crippen molar-refractivity contribution in [2.45, 2.75) is 19.8 Å². The third-order valence-electron chi connectivity index (χ3n) is 5.91. The Morgan fingerprint density at radius 3 is 2.62 bits per heavy atom. The van der Waals surface area contributed by atoms with Crippen LogP contribution in [0.1, 0.15) is 29.8 Å². The van der Waals surface area contributed by atoms with E-state index in [4.69, 9.17) is 4.74 Å². The topological polar surface area (TPSA) is 76.9 Å². The monoisotopic (exact) mass is 430 g/mol. The molecule has 1 unspecified atom stereocenters. The largest absolute Gasteiger partial charge is 0.378 e. The van der Waals surface area contributed by atoms with Gasteiger partial charge in [0.1, 0.15) is 23.4 Å². The molecule has 8 heteroatoms. The maximum Gasteiger partial charge on any atom is 0.132 e. The van der Waals surface area contributed by atoms with Crippen molar-refractivity contribution in [1.29, 1.82) is 0 Å². The molecule has 1 atom stereocenters. The summed E-state index contributed by atoms with van der Waals surface area (Å²) >= 11 is 0. The van der Waals surface area contributed by atoms with Crippen LogP contribution >= 0.6 is 0 Å². The first-order chi connectivity index (χ1) is 15.6. The molecule has 3 aromatic heterocycles. The molecule has 1 saturated heterocycles. The van der Waals surface area contributed by atoms with E-state index in [0.717, 1.165) is 35.7 Å². The summed E-state index contributed by atoms with van der Waals surface area (Å²) in [6.45, 7) is 6.96. The van der Waals surface area contributed by atoms with Crippen molar-refractivity contribution < 1.29 is 9.13 Å².